The molecule has 0 radical (unpaired) electrons. The molecule has 1 aromatic heterocycles. The van der Waals surface area contributed by atoms with E-state index in [9.17, 15) is 21.6 Å². The van der Waals surface area contributed by atoms with Crippen molar-refractivity contribution < 1.29 is 30.5 Å². The summed E-state index contributed by atoms with van der Waals surface area (Å²) in [5.74, 6) is 0. The minimum absolute atomic E-state index is 0.316. The highest BCUT2D eigenvalue weighted by atomic mass is 32.2. The first-order valence-electron chi connectivity index (χ1n) is 9.51. The molecular formula is C19H21F3N2O4S. The van der Waals surface area contributed by atoms with Gasteiger partial charge in [-0.3, -0.25) is 0 Å². The molecule has 1 aliphatic heterocycles. The van der Waals surface area contributed by atoms with Crippen LogP contribution >= 0.6 is 0 Å². The van der Waals surface area contributed by atoms with Crippen molar-refractivity contribution >= 4 is 10.1 Å². The van der Waals surface area contributed by atoms with Crippen LogP contribution in [0.3, 0.4) is 0 Å². The van der Waals surface area contributed by atoms with Crippen molar-refractivity contribution in [3.63, 3.8) is 0 Å². The van der Waals surface area contributed by atoms with Crippen molar-refractivity contribution in [2.45, 2.75) is 56.9 Å². The van der Waals surface area contributed by atoms with E-state index in [4.69, 9.17) is 8.92 Å². The predicted molar refractivity (Wildman–Crippen MR) is 97.6 cm³/mol. The van der Waals surface area contributed by atoms with Crippen LogP contribution in [0, 0.1) is 0 Å². The molecule has 29 heavy (non-hydrogen) atoms. The summed E-state index contributed by atoms with van der Waals surface area (Å²) in [6, 6.07) is 5.37. The summed E-state index contributed by atoms with van der Waals surface area (Å²) in [5.41, 5.74) is -2.59. The van der Waals surface area contributed by atoms with Crippen LogP contribution in [0.1, 0.15) is 66.5 Å². The van der Waals surface area contributed by atoms with Gasteiger partial charge in [-0.2, -0.15) is 26.7 Å². The molecule has 158 valence electrons. The smallest absolute Gasteiger partial charge is 0.357 e. The molecule has 6 nitrogen and oxygen atoms in total. The van der Waals surface area contributed by atoms with E-state index in [0.29, 0.717) is 36.3 Å². The van der Waals surface area contributed by atoms with Gasteiger partial charge in [0, 0.05) is 18.6 Å². The van der Waals surface area contributed by atoms with Gasteiger partial charge in [-0.15, -0.1) is 0 Å². The quantitative estimate of drug-likeness (QED) is 0.542. The van der Waals surface area contributed by atoms with Crippen molar-refractivity contribution in [2.75, 3.05) is 6.61 Å². The molecule has 2 heterocycles. The Morgan fingerprint density at radius 2 is 2.10 bits per heavy atom. The number of fused-ring (bicyclic) bond motifs is 2. The minimum atomic E-state index is -5.79. The normalized spacial score (nSPS) is 22.2. The molecule has 1 saturated heterocycles. The highest BCUT2D eigenvalue weighted by Gasteiger charge is 2.50. The average molecular weight is 430 g/mol. The molecule has 0 bridgehead atoms. The van der Waals surface area contributed by atoms with Crippen LogP contribution in [0.25, 0.3) is 0 Å². The Labute approximate surface area is 166 Å². The fourth-order valence-electron chi connectivity index (χ4n) is 4.05. The second kappa shape index (κ2) is 7.41. The monoisotopic (exact) mass is 430 g/mol. The Morgan fingerprint density at radius 1 is 1.31 bits per heavy atom. The zero-order valence-electron chi connectivity index (χ0n) is 15.8. The maximum Gasteiger partial charge on any atom is 0.523 e. The summed E-state index contributed by atoms with van der Waals surface area (Å²) in [6.45, 7) is 2.44. The number of alkyl halides is 3. The van der Waals surface area contributed by atoms with Crippen LogP contribution in [0.5, 0.6) is 0 Å². The summed E-state index contributed by atoms with van der Waals surface area (Å²) >= 11 is 0. The largest absolute Gasteiger partial charge is 0.523 e. The fraction of sp³-hybridized carbons (Fsp3) is 0.526. The van der Waals surface area contributed by atoms with Crippen molar-refractivity contribution in [3.05, 3.63) is 52.3 Å². The van der Waals surface area contributed by atoms with Crippen LogP contribution in [-0.2, 0) is 31.9 Å². The van der Waals surface area contributed by atoms with Gasteiger partial charge in [-0.05, 0) is 42.4 Å². The highest BCUT2D eigenvalue weighted by Crippen LogP contribution is 2.43. The molecule has 2 aromatic rings. The Bertz CT molecular complexity index is 1010. The molecule has 0 amide bonds. The lowest BCUT2D eigenvalue weighted by Gasteiger charge is -2.30. The number of aryl methyl sites for hydroxylation is 1. The van der Waals surface area contributed by atoms with Crippen molar-refractivity contribution in [1.82, 2.24) is 9.78 Å². The first-order chi connectivity index (χ1) is 13.7. The molecule has 1 fully saturated rings. The molecule has 0 N–H and O–H groups in total. The van der Waals surface area contributed by atoms with E-state index < -0.39 is 21.7 Å². The van der Waals surface area contributed by atoms with Gasteiger partial charge in [0.05, 0.1) is 11.9 Å². The lowest BCUT2D eigenvalue weighted by Crippen LogP contribution is -2.30. The Kier molecular flexibility index (Phi) is 5.20. The Morgan fingerprint density at radius 3 is 2.76 bits per heavy atom. The number of ether oxygens (including phenoxy) is 1. The van der Waals surface area contributed by atoms with Crippen molar-refractivity contribution in [2.24, 2.45) is 0 Å². The number of halogens is 3. The summed E-state index contributed by atoms with van der Waals surface area (Å²) < 4.78 is 75.1. The third kappa shape index (κ3) is 3.57. The van der Waals surface area contributed by atoms with Gasteiger partial charge in [0.25, 0.3) is 0 Å². The molecular weight excluding hydrogens is 409 g/mol. The lowest BCUT2D eigenvalue weighted by atomic mass is 9.84. The van der Waals surface area contributed by atoms with Crippen LogP contribution in [0.2, 0.25) is 0 Å². The molecule has 1 aliphatic carbocycles. The second-order valence-electron chi connectivity index (χ2n) is 7.21. The second-order valence-corrected chi connectivity index (χ2v) is 8.77. The topological polar surface area (TPSA) is 70.4 Å². The molecule has 1 aromatic carbocycles. The zero-order valence-corrected chi connectivity index (χ0v) is 16.6. The summed E-state index contributed by atoms with van der Waals surface area (Å²) in [6.07, 6.45) is 3.28. The van der Waals surface area contributed by atoms with Gasteiger partial charge < -0.3 is 4.74 Å². The highest BCUT2D eigenvalue weighted by molar-refractivity contribution is 7.87. The van der Waals surface area contributed by atoms with E-state index in [1.807, 2.05) is 13.0 Å². The minimum Gasteiger partial charge on any atom is -0.357 e. The summed E-state index contributed by atoms with van der Waals surface area (Å²) in [4.78, 5) is 0. The number of aromatic nitrogens is 2. The lowest BCUT2D eigenvalue weighted by molar-refractivity contribution is -0.0565. The molecule has 4 rings (SSSR count). The molecule has 0 spiro atoms. The van der Waals surface area contributed by atoms with E-state index >= 15 is 0 Å². The number of benzene rings is 1. The van der Waals surface area contributed by atoms with Crippen molar-refractivity contribution in [3.8, 4) is 0 Å². The van der Waals surface area contributed by atoms with Crippen LogP contribution in [0.4, 0.5) is 13.2 Å². The first-order valence-corrected chi connectivity index (χ1v) is 10.9. The van der Waals surface area contributed by atoms with Gasteiger partial charge in [0.1, 0.15) is 12.3 Å². The zero-order chi connectivity index (χ0) is 20.8. The molecule has 2 aliphatic rings. The van der Waals surface area contributed by atoms with E-state index in [-0.39, 0.29) is 6.23 Å². The number of rotatable bonds is 4. The molecule has 0 saturated carbocycles. The SMILES string of the molecule is CCc1cccc2c1C(OS(=O)(=O)C(F)(F)F)c1cnn(C3CCCCO3)c1C2. The van der Waals surface area contributed by atoms with Crippen LogP contribution < -0.4 is 0 Å². The van der Waals surface area contributed by atoms with Crippen LogP contribution in [-0.4, -0.2) is 30.3 Å². The predicted octanol–water partition coefficient (Wildman–Crippen LogP) is 4.00. The summed E-state index contributed by atoms with van der Waals surface area (Å²) in [7, 11) is -5.79. The van der Waals surface area contributed by atoms with Gasteiger partial charge in [0.2, 0.25) is 0 Å². The van der Waals surface area contributed by atoms with Crippen LogP contribution in [0.15, 0.2) is 24.4 Å². The fourth-order valence-corrected chi connectivity index (χ4v) is 4.61. The first kappa shape index (κ1) is 20.4. The summed E-state index contributed by atoms with van der Waals surface area (Å²) in [5, 5.41) is 4.34. The third-order valence-electron chi connectivity index (χ3n) is 5.44. The van der Waals surface area contributed by atoms with Gasteiger partial charge in [-0.1, -0.05) is 25.1 Å². The maximum absolute atomic E-state index is 13.1. The number of nitrogens with zero attached hydrogens (tertiary/aromatic N) is 2. The number of hydrogen-bond donors (Lipinski definition) is 0. The van der Waals surface area contributed by atoms with Gasteiger partial charge in [0.15, 0.2) is 0 Å². The standard InChI is InChI=1S/C19H21F3N2O4S/c1-2-12-6-5-7-13-10-15-14(11-23-24(15)16-8-3-4-9-27-16)18(17(12)13)28-29(25,26)19(20,21)22/h5-7,11,16,18H,2-4,8-10H2,1H3. The van der Waals surface area contributed by atoms with Crippen molar-refractivity contribution in [1.29, 1.82) is 0 Å². The molecule has 2 unspecified atom stereocenters. The van der Waals surface area contributed by atoms with E-state index in [0.717, 1.165) is 30.4 Å². The molecule has 2 atom stereocenters. The van der Waals surface area contributed by atoms with E-state index in [1.54, 1.807) is 16.8 Å². The van der Waals surface area contributed by atoms with E-state index in [2.05, 4.69) is 5.10 Å². The Balaban J connectivity index is 1.83. The Hall–Kier alpha value is -1.91. The maximum atomic E-state index is 13.1. The number of hydrogen-bond acceptors (Lipinski definition) is 5. The van der Waals surface area contributed by atoms with E-state index in [1.165, 1.54) is 6.20 Å². The van der Waals surface area contributed by atoms with Gasteiger partial charge in [-0.25, -0.2) is 8.86 Å². The van der Waals surface area contributed by atoms with Gasteiger partial charge >= 0.3 is 15.6 Å². The average Bonchev–Trinajstić information content (AvgIpc) is 3.10. The third-order valence-corrected chi connectivity index (χ3v) is 6.45. The molecule has 10 heteroatoms.